The smallest absolute Gasteiger partial charge is 0.306 e. The second kappa shape index (κ2) is 8.49. The first-order valence-electron chi connectivity index (χ1n) is 8.32. The summed E-state index contributed by atoms with van der Waals surface area (Å²) in [6.07, 6.45) is 5.96. The number of hydrogen-bond donors (Lipinski definition) is 0. The molecule has 0 aromatic heterocycles. The molecular formula is C16H28N2O3. The molecule has 1 saturated carbocycles. The first-order valence-corrected chi connectivity index (χ1v) is 8.32. The number of ether oxygens (including phenoxy) is 1. The van der Waals surface area contributed by atoms with Gasteiger partial charge in [0.05, 0.1) is 19.6 Å². The Bertz CT molecular complexity index is 345. The van der Waals surface area contributed by atoms with Gasteiger partial charge in [0.15, 0.2) is 0 Å². The van der Waals surface area contributed by atoms with Crippen molar-refractivity contribution in [3.8, 4) is 0 Å². The Hall–Kier alpha value is -0.940. The fourth-order valence-electron chi connectivity index (χ4n) is 3.36. The topological polar surface area (TPSA) is 49.9 Å². The summed E-state index contributed by atoms with van der Waals surface area (Å²) in [6.45, 7) is 6.76. The largest absolute Gasteiger partial charge is 0.466 e. The maximum atomic E-state index is 11.9. The summed E-state index contributed by atoms with van der Waals surface area (Å²) in [4.78, 5) is 27.9. The van der Waals surface area contributed by atoms with Crippen LogP contribution in [0.15, 0.2) is 0 Å². The van der Waals surface area contributed by atoms with E-state index in [0.717, 1.165) is 32.2 Å². The molecule has 2 fully saturated rings. The molecular weight excluding hydrogens is 268 g/mol. The van der Waals surface area contributed by atoms with Crippen LogP contribution in [0.3, 0.4) is 0 Å². The van der Waals surface area contributed by atoms with Crippen LogP contribution in [0.2, 0.25) is 0 Å². The third kappa shape index (κ3) is 5.40. The molecule has 0 bridgehead atoms. The first-order chi connectivity index (χ1) is 10.2. The highest BCUT2D eigenvalue weighted by Gasteiger charge is 2.26. The zero-order valence-electron chi connectivity index (χ0n) is 13.2. The molecule has 0 N–H and O–H groups in total. The van der Waals surface area contributed by atoms with Crippen LogP contribution in [0.5, 0.6) is 0 Å². The fourth-order valence-corrected chi connectivity index (χ4v) is 3.36. The van der Waals surface area contributed by atoms with E-state index in [0.29, 0.717) is 19.6 Å². The number of carbonyl (C=O) groups is 2. The van der Waals surface area contributed by atoms with E-state index in [1.54, 1.807) is 6.92 Å². The average Bonchev–Trinajstić information content (AvgIpc) is 3.00. The van der Waals surface area contributed by atoms with E-state index in [2.05, 4.69) is 9.80 Å². The lowest BCUT2D eigenvalue weighted by Gasteiger charge is -2.37. The molecule has 0 amide bonds. The fraction of sp³-hybridized carbons (Fsp3) is 0.875. The number of esters is 1. The van der Waals surface area contributed by atoms with Crippen molar-refractivity contribution in [3.05, 3.63) is 0 Å². The summed E-state index contributed by atoms with van der Waals surface area (Å²) in [5.74, 6) is -0.116. The van der Waals surface area contributed by atoms with Crippen LogP contribution < -0.4 is 0 Å². The summed E-state index contributed by atoms with van der Waals surface area (Å²) >= 11 is 0. The van der Waals surface area contributed by atoms with Gasteiger partial charge in [0, 0.05) is 38.6 Å². The van der Waals surface area contributed by atoms with Gasteiger partial charge >= 0.3 is 5.97 Å². The SMILES string of the molecule is CCOC(=O)CCC(=O)CN1CCN(C2CCCC2)CC1. The molecule has 1 aliphatic carbocycles. The number of nitrogens with zero attached hydrogens (tertiary/aromatic N) is 2. The lowest BCUT2D eigenvalue weighted by molar-refractivity contribution is -0.144. The van der Waals surface area contributed by atoms with Crippen LogP contribution >= 0.6 is 0 Å². The number of rotatable bonds is 7. The molecule has 2 aliphatic rings. The first kappa shape index (κ1) is 16.4. The average molecular weight is 296 g/mol. The highest BCUT2D eigenvalue weighted by atomic mass is 16.5. The number of Topliss-reactive ketones (excluding diaryl/α,β-unsaturated/α-hetero) is 1. The second-order valence-corrected chi connectivity index (χ2v) is 6.09. The van der Waals surface area contributed by atoms with Gasteiger partial charge in [-0.25, -0.2) is 0 Å². The second-order valence-electron chi connectivity index (χ2n) is 6.09. The molecule has 5 nitrogen and oxygen atoms in total. The van der Waals surface area contributed by atoms with Crippen molar-refractivity contribution >= 4 is 11.8 Å². The van der Waals surface area contributed by atoms with E-state index in [9.17, 15) is 9.59 Å². The van der Waals surface area contributed by atoms with E-state index in [-0.39, 0.29) is 18.2 Å². The molecule has 0 unspecified atom stereocenters. The molecule has 120 valence electrons. The molecule has 0 spiro atoms. The van der Waals surface area contributed by atoms with Crippen LogP contribution in [0.1, 0.15) is 45.4 Å². The van der Waals surface area contributed by atoms with Crippen LogP contribution in [0.4, 0.5) is 0 Å². The third-order valence-electron chi connectivity index (χ3n) is 4.56. The van der Waals surface area contributed by atoms with E-state index in [4.69, 9.17) is 4.74 Å². The van der Waals surface area contributed by atoms with Crippen LogP contribution in [-0.4, -0.2) is 66.9 Å². The van der Waals surface area contributed by atoms with E-state index in [1.165, 1.54) is 25.7 Å². The highest BCUT2D eigenvalue weighted by Crippen LogP contribution is 2.24. The zero-order chi connectivity index (χ0) is 15.1. The Labute approximate surface area is 127 Å². The third-order valence-corrected chi connectivity index (χ3v) is 4.56. The van der Waals surface area contributed by atoms with Gasteiger partial charge in [-0.3, -0.25) is 19.4 Å². The molecule has 0 radical (unpaired) electrons. The molecule has 0 aromatic carbocycles. The molecule has 5 heteroatoms. The Morgan fingerprint density at radius 2 is 1.71 bits per heavy atom. The van der Waals surface area contributed by atoms with Crippen molar-refractivity contribution in [3.63, 3.8) is 0 Å². The van der Waals surface area contributed by atoms with E-state index < -0.39 is 0 Å². The number of hydrogen-bond acceptors (Lipinski definition) is 5. The molecule has 2 rings (SSSR count). The van der Waals surface area contributed by atoms with Gasteiger partial charge in [0.25, 0.3) is 0 Å². The predicted molar refractivity (Wildman–Crippen MR) is 81.1 cm³/mol. The Kier molecular flexibility index (Phi) is 6.64. The summed E-state index contributed by atoms with van der Waals surface area (Å²) in [5, 5.41) is 0. The molecule has 1 heterocycles. The van der Waals surface area contributed by atoms with Crippen LogP contribution in [0, 0.1) is 0 Å². The molecule has 0 atom stereocenters. The van der Waals surface area contributed by atoms with Gasteiger partial charge in [-0.05, 0) is 19.8 Å². The minimum atomic E-state index is -0.267. The zero-order valence-corrected chi connectivity index (χ0v) is 13.2. The van der Waals surface area contributed by atoms with Crippen molar-refractivity contribution in [2.45, 2.75) is 51.5 Å². The molecule has 21 heavy (non-hydrogen) atoms. The van der Waals surface area contributed by atoms with Crippen molar-refractivity contribution in [2.75, 3.05) is 39.3 Å². The van der Waals surface area contributed by atoms with Crippen molar-refractivity contribution in [2.24, 2.45) is 0 Å². The number of ketones is 1. The summed E-state index contributed by atoms with van der Waals surface area (Å²) < 4.78 is 4.84. The molecule has 0 aromatic rings. The quantitative estimate of drug-likeness (QED) is 0.666. The predicted octanol–water partition coefficient (Wildman–Crippen LogP) is 1.46. The van der Waals surface area contributed by atoms with Crippen molar-refractivity contribution in [1.29, 1.82) is 0 Å². The number of piperazine rings is 1. The van der Waals surface area contributed by atoms with E-state index in [1.807, 2.05) is 0 Å². The Morgan fingerprint density at radius 3 is 2.33 bits per heavy atom. The van der Waals surface area contributed by atoms with Gasteiger partial charge in [-0.2, -0.15) is 0 Å². The standard InChI is InChI=1S/C16H28N2O3/c1-2-21-16(20)8-7-15(19)13-17-9-11-18(12-10-17)14-5-3-4-6-14/h14H,2-13H2,1H3. The van der Waals surface area contributed by atoms with Crippen molar-refractivity contribution < 1.29 is 14.3 Å². The maximum absolute atomic E-state index is 11.9. The van der Waals surface area contributed by atoms with Crippen molar-refractivity contribution in [1.82, 2.24) is 9.80 Å². The Balaban J connectivity index is 1.61. The lowest BCUT2D eigenvalue weighted by atomic mass is 10.1. The summed E-state index contributed by atoms with van der Waals surface area (Å²) in [5.41, 5.74) is 0. The highest BCUT2D eigenvalue weighted by molar-refractivity contribution is 5.84. The van der Waals surface area contributed by atoms with Gasteiger partial charge in [0.1, 0.15) is 5.78 Å². The normalized spacial score (nSPS) is 21.6. The lowest BCUT2D eigenvalue weighted by Crippen LogP contribution is -2.50. The van der Waals surface area contributed by atoms with Gasteiger partial charge in [0.2, 0.25) is 0 Å². The van der Waals surface area contributed by atoms with Crippen LogP contribution in [0.25, 0.3) is 0 Å². The Morgan fingerprint density at radius 1 is 1.05 bits per heavy atom. The summed E-state index contributed by atoms with van der Waals surface area (Å²) in [6, 6.07) is 0.784. The van der Waals surface area contributed by atoms with Gasteiger partial charge < -0.3 is 4.74 Å². The maximum Gasteiger partial charge on any atom is 0.306 e. The monoisotopic (exact) mass is 296 g/mol. The minimum Gasteiger partial charge on any atom is -0.466 e. The van der Waals surface area contributed by atoms with Gasteiger partial charge in [-0.1, -0.05) is 12.8 Å². The van der Waals surface area contributed by atoms with E-state index >= 15 is 0 Å². The molecule has 1 saturated heterocycles. The van der Waals surface area contributed by atoms with Crippen LogP contribution in [-0.2, 0) is 14.3 Å². The number of carbonyl (C=O) groups excluding carboxylic acids is 2. The summed E-state index contributed by atoms with van der Waals surface area (Å²) in [7, 11) is 0. The van der Waals surface area contributed by atoms with Gasteiger partial charge in [-0.15, -0.1) is 0 Å². The molecule has 1 aliphatic heterocycles. The minimum absolute atomic E-state index is 0.150.